The molecule has 4 nitrogen and oxygen atoms in total. The number of aromatic nitrogens is 1. The van der Waals surface area contributed by atoms with Crippen molar-refractivity contribution in [3.63, 3.8) is 0 Å². The highest BCUT2D eigenvalue weighted by Gasteiger charge is 2.48. The lowest BCUT2D eigenvalue weighted by Gasteiger charge is -2.39. The van der Waals surface area contributed by atoms with Crippen LogP contribution in [0, 0.1) is 11.3 Å². The van der Waals surface area contributed by atoms with Crippen LogP contribution in [0.3, 0.4) is 0 Å². The Labute approximate surface area is 163 Å². The number of amides is 1. The maximum absolute atomic E-state index is 13.6. The van der Waals surface area contributed by atoms with E-state index in [1.54, 1.807) is 0 Å². The molecule has 2 aliphatic carbocycles. The van der Waals surface area contributed by atoms with Crippen molar-refractivity contribution in [1.29, 1.82) is 0 Å². The molecule has 4 heteroatoms. The number of nitrogens with two attached hydrogens (primary N) is 1. The van der Waals surface area contributed by atoms with Crippen LogP contribution in [0.1, 0.15) is 88.0 Å². The van der Waals surface area contributed by atoms with Gasteiger partial charge in [-0.15, -0.1) is 0 Å². The summed E-state index contributed by atoms with van der Waals surface area (Å²) in [6.07, 6.45) is 12.4. The molecule has 2 fully saturated rings. The van der Waals surface area contributed by atoms with E-state index in [1.807, 2.05) is 0 Å². The largest absolute Gasteiger partial charge is 0.337 e. The topological polar surface area (TPSA) is 59.2 Å². The third-order valence-corrected chi connectivity index (χ3v) is 7.54. The summed E-state index contributed by atoms with van der Waals surface area (Å²) in [5.41, 5.74) is 9.82. The van der Waals surface area contributed by atoms with Crippen LogP contribution < -0.4 is 5.73 Å². The van der Waals surface area contributed by atoms with Crippen LogP contribution in [0.4, 0.5) is 0 Å². The van der Waals surface area contributed by atoms with Crippen LogP contribution in [0.25, 0.3) is 0 Å². The van der Waals surface area contributed by atoms with Gasteiger partial charge in [-0.05, 0) is 55.1 Å². The second-order valence-electron chi connectivity index (χ2n) is 9.50. The minimum atomic E-state index is -0.259. The molecule has 2 N–H and O–H groups in total. The molecule has 0 bridgehead atoms. The van der Waals surface area contributed by atoms with E-state index in [0.29, 0.717) is 17.7 Å². The van der Waals surface area contributed by atoms with Crippen molar-refractivity contribution in [2.45, 2.75) is 90.1 Å². The molecule has 0 aromatic carbocycles. The molecule has 27 heavy (non-hydrogen) atoms. The van der Waals surface area contributed by atoms with Gasteiger partial charge in [0.1, 0.15) is 0 Å². The van der Waals surface area contributed by atoms with Crippen LogP contribution in [0.5, 0.6) is 0 Å². The summed E-state index contributed by atoms with van der Waals surface area (Å²) in [5.74, 6) is 1.34. The second kappa shape index (κ2) is 7.54. The molecule has 0 saturated heterocycles. The molecule has 1 amide bonds. The summed E-state index contributed by atoms with van der Waals surface area (Å²) in [6, 6.07) is 2.54. The highest BCUT2D eigenvalue weighted by atomic mass is 16.2. The van der Waals surface area contributed by atoms with Gasteiger partial charge >= 0.3 is 0 Å². The number of hydrogen-bond donors (Lipinski definition) is 1. The van der Waals surface area contributed by atoms with Gasteiger partial charge in [0.15, 0.2) is 0 Å². The van der Waals surface area contributed by atoms with Crippen LogP contribution in [0.2, 0.25) is 0 Å². The third-order valence-electron chi connectivity index (χ3n) is 7.54. The summed E-state index contributed by atoms with van der Waals surface area (Å²) < 4.78 is 0. The maximum atomic E-state index is 13.6. The zero-order valence-electron chi connectivity index (χ0n) is 17.0. The minimum Gasteiger partial charge on any atom is -0.337 e. The van der Waals surface area contributed by atoms with Gasteiger partial charge in [0.2, 0.25) is 5.91 Å². The number of carbonyl (C=O) groups is 1. The van der Waals surface area contributed by atoms with E-state index in [-0.39, 0.29) is 11.5 Å². The monoisotopic (exact) mass is 369 g/mol. The quantitative estimate of drug-likeness (QED) is 0.870. The van der Waals surface area contributed by atoms with Crippen molar-refractivity contribution >= 4 is 5.91 Å². The van der Waals surface area contributed by atoms with Crippen LogP contribution >= 0.6 is 0 Å². The number of rotatable bonds is 3. The molecule has 0 spiro atoms. The summed E-state index contributed by atoms with van der Waals surface area (Å²) >= 11 is 0. The first-order chi connectivity index (χ1) is 13.0. The van der Waals surface area contributed by atoms with E-state index in [2.05, 4.69) is 31.0 Å². The molecular weight excluding hydrogens is 334 g/mol. The van der Waals surface area contributed by atoms with Crippen molar-refractivity contribution in [3.05, 3.63) is 29.1 Å². The zero-order chi connectivity index (χ0) is 19.0. The van der Waals surface area contributed by atoms with Gasteiger partial charge in [-0.1, -0.05) is 39.2 Å². The van der Waals surface area contributed by atoms with E-state index in [9.17, 15) is 4.79 Å². The summed E-state index contributed by atoms with van der Waals surface area (Å²) in [5, 5.41) is 0. The van der Waals surface area contributed by atoms with Crippen molar-refractivity contribution in [2.75, 3.05) is 6.54 Å². The Bertz CT molecular complexity index is 695. The van der Waals surface area contributed by atoms with Crippen molar-refractivity contribution in [1.82, 2.24) is 9.88 Å². The fourth-order valence-corrected chi connectivity index (χ4v) is 5.67. The molecule has 2 atom stereocenters. The Kier molecular flexibility index (Phi) is 5.28. The molecule has 0 unspecified atom stereocenters. The number of fused-ring (bicyclic) bond motifs is 1. The molecule has 148 valence electrons. The standard InChI is InChI=1S/C23H35N3O/c1-16(2)23(10-8-20(24)13-23)22(27)26-11-9-21-19(15-26)12-18(14-25-21)17-6-4-3-5-7-17/h12,14,16-17,20H,3-11,13,15,24H2,1-2H3/t20-,23+/m1/s1. The lowest BCUT2D eigenvalue weighted by atomic mass is 9.74. The van der Waals surface area contributed by atoms with Crippen molar-refractivity contribution in [2.24, 2.45) is 17.1 Å². The van der Waals surface area contributed by atoms with Gasteiger partial charge in [0.05, 0.1) is 5.41 Å². The zero-order valence-corrected chi connectivity index (χ0v) is 17.0. The molecule has 1 aromatic heterocycles. The fraction of sp³-hybridized carbons (Fsp3) is 0.739. The minimum absolute atomic E-state index is 0.174. The predicted molar refractivity (Wildman–Crippen MR) is 108 cm³/mol. The fourth-order valence-electron chi connectivity index (χ4n) is 5.67. The highest BCUT2D eigenvalue weighted by Crippen LogP contribution is 2.46. The lowest BCUT2D eigenvalue weighted by Crippen LogP contribution is -2.48. The molecule has 2 saturated carbocycles. The Morgan fingerprint density at radius 3 is 2.70 bits per heavy atom. The first-order valence-corrected chi connectivity index (χ1v) is 11.0. The second-order valence-corrected chi connectivity index (χ2v) is 9.50. The number of carbonyl (C=O) groups excluding carboxylic acids is 1. The molecule has 1 aromatic rings. The summed E-state index contributed by atoms with van der Waals surface area (Å²) in [4.78, 5) is 20.5. The predicted octanol–water partition coefficient (Wildman–Crippen LogP) is 4.17. The maximum Gasteiger partial charge on any atom is 0.229 e. The first-order valence-electron chi connectivity index (χ1n) is 11.0. The lowest BCUT2D eigenvalue weighted by molar-refractivity contribution is -0.145. The number of pyridine rings is 1. The van der Waals surface area contributed by atoms with E-state index >= 15 is 0 Å². The van der Waals surface area contributed by atoms with Crippen LogP contribution in [0.15, 0.2) is 12.3 Å². The van der Waals surface area contributed by atoms with Gasteiger partial charge in [-0.25, -0.2) is 0 Å². The van der Waals surface area contributed by atoms with Crippen molar-refractivity contribution in [3.8, 4) is 0 Å². The van der Waals surface area contributed by atoms with Gasteiger partial charge < -0.3 is 10.6 Å². The van der Waals surface area contributed by atoms with Crippen molar-refractivity contribution < 1.29 is 4.79 Å². The summed E-state index contributed by atoms with van der Waals surface area (Å²) in [6.45, 7) is 5.91. The van der Waals surface area contributed by atoms with E-state index in [4.69, 9.17) is 10.7 Å². The Morgan fingerprint density at radius 2 is 2.04 bits per heavy atom. The Hall–Kier alpha value is -1.42. The molecule has 4 rings (SSSR count). The van der Waals surface area contributed by atoms with Crippen LogP contribution in [-0.2, 0) is 17.8 Å². The molecule has 3 aliphatic rings. The molecule has 2 heterocycles. The molecular formula is C23H35N3O. The van der Waals surface area contributed by atoms with Gasteiger partial charge in [0, 0.05) is 37.4 Å². The summed E-state index contributed by atoms with van der Waals surface area (Å²) in [7, 11) is 0. The normalized spacial score (nSPS) is 29.2. The first kappa shape index (κ1) is 18.9. The van der Waals surface area contributed by atoms with Gasteiger partial charge in [-0.3, -0.25) is 9.78 Å². The van der Waals surface area contributed by atoms with E-state index < -0.39 is 0 Å². The highest BCUT2D eigenvalue weighted by molar-refractivity contribution is 5.83. The average Bonchev–Trinajstić information content (AvgIpc) is 3.10. The number of hydrogen-bond acceptors (Lipinski definition) is 3. The van der Waals surface area contributed by atoms with E-state index in [0.717, 1.165) is 38.8 Å². The van der Waals surface area contributed by atoms with Gasteiger partial charge in [0.25, 0.3) is 0 Å². The SMILES string of the molecule is CC(C)[C@]1(C(=O)N2CCc3ncc(C4CCCCC4)cc3C2)CC[C@@H](N)C1. The van der Waals surface area contributed by atoms with Crippen LogP contribution in [-0.4, -0.2) is 28.4 Å². The Balaban J connectivity index is 1.54. The number of nitrogens with zero attached hydrogens (tertiary/aromatic N) is 2. The smallest absolute Gasteiger partial charge is 0.229 e. The molecule has 1 aliphatic heterocycles. The van der Waals surface area contributed by atoms with E-state index in [1.165, 1.54) is 48.9 Å². The molecule has 0 radical (unpaired) electrons. The Morgan fingerprint density at radius 1 is 1.26 bits per heavy atom. The average molecular weight is 370 g/mol. The van der Waals surface area contributed by atoms with Gasteiger partial charge in [-0.2, -0.15) is 0 Å². The third kappa shape index (κ3) is 3.53.